The van der Waals surface area contributed by atoms with Crippen molar-refractivity contribution in [3.05, 3.63) is 35.9 Å². The van der Waals surface area contributed by atoms with Crippen LogP contribution < -0.4 is 5.32 Å². The fraction of sp³-hybridized carbons (Fsp3) is 0.579. The zero-order valence-electron chi connectivity index (χ0n) is 14.4. The highest BCUT2D eigenvalue weighted by molar-refractivity contribution is 5.88. The average Bonchev–Trinajstić information content (AvgIpc) is 2.54. The molecular formula is C19H27N3O2. The predicted molar refractivity (Wildman–Crippen MR) is 93.2 cm³/mol. The third-order valence-corrected chi connectivity index (χ3v) is 5.15. The van der Waals surface area contributed by atoms with Crippen LogP contribution in [0.1, 0.15) is 31.2 Å². The van der Waals surface area contributed by atoms with Gasteiger partial charge >= 0.3 is 0 Å². The zero-order valence-corrected chi connectivity index (χ0v) is 14.4. The number of carbonyl (C=O) groups excluding carboxylic acids is 2. The quantitative estimate of drug-likeness (QED) is 0.863. The lowest BCUT2D eigenvalue weighted by Gasteiger charge is -2.38. The Morgan fingerprint density at radius 1 is 1.29 bits per heavy atom. The lowest BCUT2D eigenvalue weighted by atomic mass is 9.85. The Bertz CT molecular complexity index is 571. The van der Waals surface area contributed by atoms with E-state index in [9.17, 15) is 9.59 Å². The van der Waals surface area contributed by atoms with Gasteiger partial charge in [-0.25, -0.2) is 0 Å². The third kappa shape index (κ3) is 4.15. The van der Waals surface area contributed by atoms with Gasteiger partial charge in [0.2, 0.25) is 11.8 Å². The Kier molecular flexibility index (Phi) is 5.51. The second-order valence-electron chi connectivity index (χ2n) is 7.03. The maximum Gasteiger partial charge on any atom is 0.240 e. The molecule has 24 heavy (non-hydrogen) atoms. The van der Waals surface area contributed by atoms with Crippen LogP contribution in [0.2, 0.25) is 0 Å². The Morgan fingerprint density at radius 3 is 2.71 bits per heavy atom. The first-order chi connectivity index (χ1) is 11.6. The molecule has 0 radical (unpaired) electrons. The molecular weight excluding hydrogens is 302 g/mol. The Hall–Kier alpha value is -1.88. The molecule has 1 saturated heterocycles. The predicted octanol–water partition coefficient (Wildman–Crippen LogP) is 1.64. The number of carbonyl (C=O) groups is 2. The van der Waals surface area contributed by atoms with E-state index in [0.29, 0.717) is 12.5 Å². The van der Waals surface area contributed by atoms with Crippen molar-refractivity contribution in [3.63, 3.8) is 0 Å². The van der Waals surface area contributed by atoms with Crippen LogP contribution in [0.25, 0.3) is 0 Å². The average molecular weight is 329 g/mol. The van der Waals surface area contributed by atoms with E-state index in [2.05, 4.69) is 5.32 Å². The van der Waals surface area contributed by atoms with E-state index in [1.165, 1.54) is 19.3 Å². The monoisotopic (exact) mass is 329 g/mol. The Balaban J connectivity index is 1.51. The number of hydrogen-bond donors (Lipinski definition) is 1. The summed E-state index contributed by atoms with van der Waals surface area (Å²) in [5.74, 6) is 0.772. The minimum atomic E-state index is -0.371. The summed E-state index contributed by atoms with van der Waals surface area (Å²) in [7, 11) is 1.80. The maximum absolute atomic E-state index is 12.6. The number of hydrogen-bond acceptors (Lipinski definition) is 3. The molecule has 1 aromatic rings. The van der Waals surface area contributed by atoms with E-state index in [4.69, 9.17) is 0 Å². The summed E-state index contributed by atoms with van der Waals surface area (Å²) in [6, 6.07) is 9.55. The Morgan fingerprint density at radius 2 is 2.04 bits per heavy atom. The molecule has 5 heteroatoms. The summed E-state index contributed by atoms with van der Waals surface area (Å²) in [5.41, 5.74) is 1.10. The van der Waals surface area contributed by atoms with Crippen LogP contribution in [0.4, 0.5) is 0 Å². The lowest BCUT2D eigenvalue weighted by molar-refractivity contribution is -0.141. The van der Waals surface area contributed by atoms with E-state index in [1.54, 1.807) is 11.9 Å². The first-order valence-electron chi connectivity index (χ1n) is 8.93. The van der Waals surface area contributed by atoms with Crippen molar-refractivity contribution in [1.29, 1.82) is 0 Å². The molecule has 1 aliphatic heterocycles. The van der Waals surface area contributed by atoms with Gasteiger partial charge < -0.3 is 15.1 Å². The van der Waals surface area contributed by atoms with Gasteiger partial charge in [0.15, 0.2) is 0 Å². The zero-order chi connectivity index (χ0) is 16.9. The highest BCUT2D eigenvalue weighted by Crippen LogP contribution is 2.27. The summed E-state index contributed by atoms with van der Waals surface area (Å²) in [4.78, 5) is 28.7. The van der Waals surface area contributed by atoms with E-state index in [1.807, 2.05) is 35.2 Å². The van der Waals surface area contributed by atoms with Gasteiger partial charge in [-0.1, -0.05) is 36.8 Å². The highest BCUT2D eigenvalue weighted by Gasteiger charge is 2.33. The van der Waals surface area contributed by atoms with Gasteiger partial charge in [0.1, 0.15) is 0 Å². The summed E-state index contributed by atoms with van der Waals surface area (Å²) in [6.45, 7) is 2.98. The van der Waals surface area contributed by atoms with Crippen LogP contribution in [-0.2, 0) is 16.1 Å². The molecule has 1 aliphatic carbocycles. The largest absolute Gasteiger partial charge is 0.341 e. The van der Waals surface area contributed by atoms with E-state index < -0.39 is 0 Å². The lowest BCUT2D eigenvalue weighted by Crippen LogP contribution is -2.57. The van der Waals surface area contributed by atoms with Gasteiger partial charge in [0.05, 0.1) is 12.5 Å². The summed E-state index contributed by atoms with van der Waals surface area (Å²) < 4.78 is 0. The molecule has 0 aromatic heterocycles. The second-order valence-corrected chi connectivity index (χ2v) is 7.03. The van der Waals surface area contributed by atoms with Gasteiger partial charge in [-0.3, -0.25) is 9.59 Å². The fourth-order valence-electron chi connectivity index (χ4n) is 3.40. The van der Waals surface area contributed by atoms with Crippen LogP contribution in [0.15, 0.2) is 30.3 Å². The number of piperazine rings is 1. The smallest absolute Gasteiger partial charge is 0.240 e. The maximum atomic E-state index is 12.6. The van der Waals surface area contributed by atoms with Gasteiger partial charge in [0, 0.05) is 33.2 Å². The molecule has 1 heterocycles. The molecule has 5 nitrogen and oxygen atoms in total. The molecule has 1 aromatic carbocycles. The molecule has 3 rings (SSSR count). The normalized spacial score (nSPS) is 21.5. The van der Waals surface area contributed by atoms with Gasteiger partial charge in [-0.15, -0.1) is 0 Å². The van der Waals surface area contributed by atoms with Crippen molar-refractivity contribution in [3.8, 4) is 0 Å². The third-order valence-electron chi connectivity index (χ3n) is 5.15. The first-order valence-corrected chi connectivity index (χ1v) is 8.93. The van der Waals surface area contributed by atoms with Gasteiger partial charge in [-0.05, 0) is 24.3 Å². The van der Waals surface area contributed by atoms with Crippen molar-refractivity contribution in [2.24, 2.45) is 5.92 Å². The molecule has 1 saturated carbocycles. The standard InChI is InChI=1S/C19H27N3O2/c1-21(13-15-6-3-2-4-7-15)18(23)12-17-19(24)22(11-10-20-17)14-16-8-5-9-16/h2-4,6-7,16-17,20H,5,8-14H2,1H3. The van der Waals surface area contributed by atoms with Crippen LogP contribution in [-0.4, -0.2) is 54.3 Å². The number of nitrogens with zero attached hydrogens (tertiary/aromatic N) is 2. The first kappa shape index (κ1) is 17.0. The molecule has 1 unspecified atom stereocenters. The Labute approximate surface area is 144 Å². The van der Waals surface area contributed by atoms with Crippen molar-refractivity contribution in [1.82, 2.24) is 15.1 Å². The minimum absolute atomic E-state index is 0.00944. The van der Waals surface area contributed by atoms with Crippen molar-refractivity contribution in [2.45, 2.75) is 38.3 Å². The number of nitrogens with one attached hydrogen (secondary N) is 1. The van der Waals surface area contributed by atoms with E-state index >= 15 is 0 Å². The van der Waals surface area contributed by atoms with Gasteiger partial charge in [-0.2, -0.15) is 0 Å². The van der Waals surface area contributed by atoms with Crippen LogP contribution in [0.5, 0.6) is 0 Å². The molecule has 1 N–H and O–H groups in total. The van der Waals surface area contributed by atoms with Crippen molar-refractivity contribution in [2.75, 3.05) is 26.7 Å². The SMILES string of the molecule is CN(Cc1ccccc1)C(=O)CC1NCCN(CC2CCC2)C1=O. The molecule has 130 valence electrons. The van der Waals surface area contributed by atoms with Crippen molar-refractivity contribution < 1.29 is 9.59 Å². The molecule has 2 amide bonds. The number of rotatable bonds is 6. The summed E-state index contributed by atoms with van der Waals surface area (Å²) in [5, 5.41) is 3.22. The summed E-state index contributed by atoms with van der Waals surface area (Å²) >= 11 is 0. The number of benzene rings is 1. The highest BCUT2D eigenvalue weighted by atomic mass is 16.2. The fourth-order valence-corrected chi connectivity index (χ4v) is 3.40. The van der Waals surface area contributed by atoms with E-state index in [-0.39, 0.29) is 24.3 Å². The summed E-state index contributed by atoms with van der Waals surface area (Å²) in [6.07, 6.45) is 4.00. The van der Waals surface area contributed by atoms with Crippen LogP contribution in [0.3, 0.4) is 0 Å². The van der Waals surface area contributed by atoms with Crippen LogP contribution >= 0.6 is 0 Å². The number of amides is 2. The molecule has 0 spiro atoms. The topological polar surface area (TPSA) is 52.7 Å². The molecule has 2 fully saturated rings. The minimum Gasteiger partial charge on any atom is -0.341 e. The van der Waals surface area contributed by atoms with Crippen molar-refractivity contribution >= 4 is 11.8 Å². The van der Waals surface area contributed by atoms with Crippen LogP contribution in [0, 0.1) is 5.92 Å². The second kappa shape index (κ2) is 7.79. The molecule has 1 atom stereocenters. The van der Waals surface area contributed by atoms with E-state index in [0.717, 1.165) is 25.2 Å². The molecule has 2 aliphatic rings. The molecule has 0 bridgehead atoms. The van der Waals surface area contributed by atoms with Gasteiger partial charge in [0.25, 0.3) is 0 Å².